The Morgan fingerprint density at radius 2 is 2.36 bits per heavy atom. The third kappa shape index (κ3) is 4.26. The molecule has 0 rings (SSSR count). The topological polar surface area (TPSA) is 55.6 Å². The molecule has 0 saturated heterocycles. The van der Waals surface area contributed by atoms with Crippen molar-refractivity contribution in [2.45, 2.75) is 19.4 Å². The van der Waals surface area contributed by atoms with Gasteiger partial charge in [0.05, 0.1) is 12.6 Å². The zero-order valence-corrected chi connectivity index (χ0v) is 8.82. The van der Waals surface area contributed by atoms with Gasteiger partial charge in [-0.25, -0.2) is 0 Å². The minimum absolute atomic E-state index is 0.109. The van der Waals surface area contributed by atoms with Crippen molar-refractivity contribution in [2.75, 3.05) is 26.8 Å². The third-order valence-electron chi connectivity index (χ3n) is 1.93. The van der Waals surface area contributed by atoms with Gasteiger partial charge in [-0.2, -0.15) is 0 Å². The molecule has 4 heteroatoms. The van der Waals surface area contributed by atoms with Gasteiger partial charge in [0, 0.05) is 20.3 Å². The number of methoxy groups -OCH3 is 1. The highest BCUT2D eigenvalue weighted by Crippen LogP contribution is 1.97. The van der Waals surface area contributed by atoms with Gasteiger partial charge < -0.3 is 15.4 Å². The number of carbonyl (C=O) groups is 1. The summed E-state index contributed by atoms with van der Waals surface area (Å²) >= 11 is 0. The monoisotopic (exact) mass is 198 g/mol. The van der Waals surface area contributed by atoms with E-state index in [4.69, 9.17) is 16.9 Å². The Balaban J connectivity index is 4.07. The molecular formula is C10H18N2O2. The van der Waals surface area contributed by atoms with Gasteiger partial charge >= 0.3 is 0 Å². The lowest BCUT2D eigenvalue weighted by Crippen LogP contribution is -2.44. The number of amides is 1. The van der Waals surface area contributed by atoms with Gasteiger partial charge in [0.1, 0.15) is 0 Å². The van der Waals surface area contributed by atoms with Crippen LogP contribution < -0.4 is 5.73 Å². The second-order valence-corrected chi connectivity index (χ2v) is 2.94. The zero-order valence-electron chi connectivity index (χ0n) is 8.82. The zero-order chi connectivity index (χ0) is 11.0. The summed E-state index contributed by atoms with van der Waals surface area (Å²) in [5, 5.41) is 0. The molecule has 80 valence electrons. The molecule has 0 aliphatic carbocycles. The number of nitrogens with two attached hydrogens (primary N) is 1. The minimum atomic E-state index is -0.511. The van der Waals surface area contributed by atoms with Crippen molar-refractivity contribution in [3.05, 3.63) is 0 Å². The van der Waals surface area contributed by atoms with Crippen LogP contribution in [0.2, 0.25) is 0 Å². The van der Waals surface area contributed by atoms with Gasteiger partial charge in [-0.15, -0.1) is 6.42 Å². The summed E-state index contributed by atoms with van der Waals surface area (Å²) in [6.07, 6.45) is 5.66. The Morgan fingerprint density at radius 1 is 1.71 bits per heavy atom. The maximum Gasteiger partial charge on any atom is 0.240 e. The molecule has 0 saturated carbocycles. The molecule has 4 nitrogen and oxygen atoms in total. The summed E-state index contributed by atoms with van der Waals surface area (Å²) in [7, 11) is 1.58. The summed E-state index contributed by atoms with van der Waals surface area (Å²) in [5.41, 5.74) is 5.67. The van der Waals surface area contributed by atoms with E-state index >= 15 is 0 Å². The average molecular weight is 198 g/mol. The lowest BCUT2D eigenvalue weighted by molar-refractivity contribution is -0.132. The summed E-state index contributed by atoms with van der Waals surface area (Å²) in [5.74, 6) is 2.32. The van der Waals surface area contributed by atoms with Crippen LogP contribution in [0.25, 0.3) is 0 Å². The highest BCUT2D eigenvalue weighted by atomic mass is 16.5. The number of nitrogens with zero attached hydrogens (tertiary/aromatic N) is 1. The van der Waals surface area contributed by atoms with E-state index in [1.54, 1.807) is 12.0 Å². The number of hydrogen-bond donors (Lipinski definition) is 1. The van der Waals surface area contributed by atoms with Gasteiger partial charge in [0.2, 0.25) is 5.91 Å². The predicted octanol–water partition coefficient (Wildman–Crippen LogP) is -0.168. The van der Waals surface area contributed by atoms with Crippen LogP contribution in [-0.2, 0) is 9.53 Å². The van der Waals surface area contributed by atoms with Crippen molar-refractivity contribution in [3.8, 4) is 12.3 Å². The van der Waals surface area contributed by atoms with E-state index in [0.717, 1.165) is 0 Å². The van der Waals surface area contributed by atoms with Crippen molar-refractivity contribution in [2.24, 2.45) is 5.73 Å². The molecule has 2 N–H and O–H groups in total. The van der Waals surface area contributed by atoms with E-state index in [1.807, 2.05) is 6.92 Å². The number of ether oxygens (including phenoxy) is 1. The van der Waals surface area contributed by atoms with Crippen molar-refractivity contribution in [3.63, 3.8) is 0 Å². The molecule has 0 fully saturated rings. The summed E-state index contributed by atoms with van der Waals surface area (Å²) < 4.78 is 4.84. The first-order chi connectivity index (χ1) is 6.67. The van der Waals surface area contributed by atoms with Crippen LogP contribution in [0.1, 0.15) is 13.3 Å². The van der Waals surface area contributed by atoms with Crippen LogP contribution in [0.3, 0.4) is 0 Å². The first-order valence-corrected chi connectivity index (χ1v) is 4.64. The fourth-order valence-corrected chi connectivity index (χ4v) is 1.06. The summed E-state index contributed by atoms with van der Waals surface area (Å²) in [4.78, 5) is 13.2. The van der Waals surface area contributed by atoms with Gasteiger partial charge in [0.15, 0.2) is 0 Å². The van der Waals surface area contributed by atoms with Gasteiger partial charge in [-0.3, -0.25) is 4.79 Å². The molecule has 0 aromatic heterocycles. The predicted molar refractivity (Wildman–Crippen MR) is 55.6 cm³/mol. The summed E-state index contributed by atoms with van der Waals surface area (Å²) in [6, 6.07) is -0.511. The highest BCUT2D eigenvalue weighted by Gasteiger charge is 2.18. The van der Waals surface area contributed by atoms with Crippen LogP contribution in [0.5, 0.6) is 0 Å². The minimum Gasteiger partial charge on any atom is -0.385 e. The molecule has 1 unspecified atom stereocenters. The smallest absolute Gasteiger partial charge is 0.240 e. The quantitative estimate of drug-likeness (QED) is 0.603. The fourth-order valence-electron chi connectivity index (χ4n) is 1.06. The van der Waals surface area contributed by atoms with E-state index < -0.39 is 6.04 Å². The Labute approximate surface area is 85.4 Å². The molecule has 0 aromatic carbocycles. The number of rotatable bonds is 6. The van der Waals surface area contributed by atoms with Crippen molar-refractivity contribution in [1.82, 2.24) is 4.90 Å². The largest absolute Gasteiger partial charge is 0.385 e. The van der Waals surface area contributed by atoms with Crippen LogP contribution in [0.4, 0.5) is 0 Å². The Kier molecular flexibility index (Phi) is 6.81. The lowest BCUT2D eigenvalue weighted by atomic mass is 10.2. The highest BCUT2D eigenvalue weighted by molar-refractivity contribution is 5.81. The fraction of sp³-hybridized carbons (Fsp3) is 0.700. The van der Waals surface area contributed by atoms with Gasteiger partial charge in [-0.05, 0) is 13.3 Å². The molecule has 1 atom stereocenters. The lowest BCUT2D eigenvalue weighted by Gasteiger charge is -2.21. The van der Waals surface area contributed by atoms with E-state index in [0.29, 0.717) is 26.1 Å². The molecule has 0 aromatic rings. The number of likely N-dealkylation sites (N-methyl/N-ethyl adjacent to an activating group) is 1. The van der Waals surface area contributed by atoms with Crippen LogP contribution >= 0.6 is 0 Å². The molecule has 0 spiro atoms. The van der Waals surface area contributed by atoms with E-state index in [9.17, 15) is 4.79 Å². The maximum absolute atomic E-state index is 11.6. The number of carbonyl (C=O) groups excluding carboxylic acids is 1. The second kappa shape index (κ2) is 7.36. The molecule has 0 aliphatic rings. The van der Waals surface area contributed by atoms with Gasteiger partial charge in [0.25, 0.3) is 0 Å². The summed E-state index contributed by atoms with van der Waals surface area (Å²) in [6.45, 7) is 3.26. The van der Waals surface area contributed by atoms with Crippen molar-refractivity contribution < 1.29 is 9.53 Å². The van der Waals surface area contributed by atoms with Crippen LogP contribution in [0.15, 0.2) is 0 Å². The second-order valence-electron chi connectivity index (χ2n) is 2.94. The first-order valence-electron chi connectivity index (χ1n) is 4.64. The molecular weight excluding hydrogens is 180 g/mol. The SMILES string of the molecule is C#CCN(CC)C(=O)C(N)CCOC. The van der Waals surface area contributed by atoms with Crippen LogP contribution in [-0.4, -0.2) is 43.7 Å². The van der Waals surface area contributed by atoms with Gasteiger partial charge in [-0.1, -0.05) is 5.92 Å². The Bertz CT molecular complexity index is 211. The number of hydrogen-bond acceptors (Lipinski definition) is 3. The first kappa shape index (κ1) is 12.9. The van der Waals surface area contributed by atoms with E-state index in [2.05, 4.69) is 5.92 Å². The van der Waals surface area contributed by atoms with E-state index in [-0.39, 0.29) is 5.91 Å². The van der Waals surface area contributed by atoms with Crippen molar-refractivity contribution in [1.29, 1.82) is 0 Å². The molecule has 1 amide bonds. The average Bonchev–Trinajstić information content (AvgIpc) is 2.21. The number of terminal acetylenes is 1. The third-order valence-corrected chi connectivity index (χ3v) is 1.93. The normalized spacial score (nSPS) is 11.9. The Hall–Kier alpha value is -1.05. The molecule has 0 heterocycles. The Morgan fingerprint density at radius 3 is 2.79 bits per heavy atom. The molecule has 0 aliphatic heterocycles. The van der Waals surface area contributed by atoms with E-state index in [1.165, 1.54) is 0 Å². The molecule has 0 bridgehead atoms. The maximum atomic E-state index is 11.6. The molecule has 14 heavy (non-hydrogen) atoms. The van der Waals surface area contributed by atoms with Crippen LogP contribution in [0, 0.1) is 12.3 Å². The van der Waals surface area contributed by atoms with Crippen molar-refractivity contribution >= 4 is 5.91 Å². The standard InChI is InChI=1S/C10H18N2O2/c1-4-7-12(5-2)10(13)9(11)6-8-14-3/h1,9H,5-8,11H2,2-3H3. The molecule has 0 radical (unpaired) electrons.